The van der Waals surface area contributed by atoms with Crippen molar-refractivity contribution in [1.29, 1.82) is 0 Å². The minimum Gasteiger partial charge on any atom is -0.492 e. The fourth-order valence-electron chi connectivity index (χ4n) is 1.01. The van der Waals surface area contributed by atoms with Crippen LogP contribution in [-0.2, 0) is 6.18 Å². The summed E-state index contributed by atoms with van der Waals surface area (Å²) < 4.78 is 41.6. The second-order valence-corrected chi connectivity index (χ2v) is 2.68. The van der Waals surface area contributed by atoms with E-state index in [1.54, 1.807) is 6.92 Å². The van der Waals surface area contributed by atoms with Gasteiger partial charge in [-0.2, -0.15) is 13.2 Å². The van der Waals surface area contributed by atoms with Gasteiger partial charge in [0.15, 0.2) is 0 Å². The first kappa shape index (κ1) is 10.7. The molecule has 2 N–H and O–H groups in total. The van der Waals surface area contributed by atoms with Crippen LogP contribution >= 0.6 is 0 Å². The van der Waals surface area contributed by atoms with E-state index >= 15 is 0 Å². The highest BCUT2D eigenvalue weighted by molar-refractivity contribution is 5.54. The highest BCUT2D eigenvalue weighted by atomic mass is 19.4. The molecule has 2 nitrogen and oxygen atoms in total. The summed E-state index contributed by atoms with van der Waals surface area (Å²) >= 11 is 0. The molecule has 1 rings (SSSR count). The molecule has 0 unspecified atom stereocenters. The lowest BCUT2D eigenvalue weighted by molar-refractivity contribution is -0.137. The number of hydrogen-bond donors (Lipinski definition) is 1. The summed E-state index contributed by atoms with van der Waals surface area (Å²) in [6.45, 7) is 2.10. The number of hydrogen-bond acceptors (Lipinski definition) is 2. The van der Waals surface area contributed by atoms with E-state index in [1.807, 2.05) is 0 Å². The van der Waals surface area contributed by atoms with Crippen LogP contribution in [0, 0.1) is 0 Å². The minimum atomic E-state index is -4.36. The quantitative estimate of drug-likeness (QED) is 0.753. The number of ether oxygens (including phenoxy) is 1. The Morgan fingerprint density at radius 1 is 1.36 bits per heavy atom. The van der Waals surface area contributed by atoms with E-state index in [2.05, 4.69) is 0 Å². The fourth-order valence-corrected chi connectivity index (χ4v) is 1.01. The van der Waals surface area contributed by atoms with Crippen LogP contribution in [0.25, 0.3) is 0 Å². The topological polar surface area (TPSA) is 35.2 Å². The van der Waals surface area contributed by atoms with Gasteiger partial charge in [0.1, 0.15) is 5.75 Å². The van der Waals surface area contributed by atoms with Crippen LogP contribution in [0.4, 0.5) is 18.9 Å². The zero-order chi connectivity index (χ0) is 10.8. The number of nitrogens with two attached hydrogens (primary N) is 1. The van der Waals surface area contributed by atoms with E-state index < -0.39 is 11.7 Å². The van der Waals surface area contributed by atoms with Crippen molar-refractivity contribution in [2.45, 2.75) is 13.1 Å². The molecule has 0 aliphatic heterocycles. The Kier molecular flexibility index (Phi) is 2.88. The van der Waals surface area contributed by atoms with Crippen molar-refractivity contribution in [2.75, 3.05) is 12.3 Å². The molecule has 0 atom stereocenters. The van der Waals surface area contributed by atoms with Crippen LogP contribution in [0.1, 0.15) is 12.5 Å². The van der Waals surface area contributed by atoms with Gasteiger partial charge in [-0.3, -0.25) is 0 Å². The van der Waals surface area contributed by atoms with Gasteiger partial charge in [-0.15, -0.1) is 0 Å². The lowest BCUT2D eigenvalue weighted by atomic mass is 10.2. The summed E-state index contributed by atoms with van der Waals surface area (Å²) in [6.07, 6.45) is -4.36. The van der Waals surface area contributed by atoms with E-state index in [1.165, 1.54) is 6.07 Å². The van der Waals surface area contributed by atoms with Crippen molar-refractivity contribution in [1.82, 2.24) is 0 Å². The predicted octanol–water partition coefficient (Wildman–Crippen LogP) is 2.69. The zero-order valence-corrected chi connectivity index (χ0v) is 7.56. The molecule has 14 heavy (non-hydrogen) atoms. The molecule has 0 aromatic heterocycles. The van der Waals surface area contributed by atoms with Gasteiger partial charge in [0.2, 0.25) is 0 Å². The van der Waals surface area contributed by atoms with Crippen LogP contribution in [-0.4, -0.2) is 6.61 Å². The molecular weight excluding hydrogens is 195 g/mol. The summed E-state index contributed by atoms with van der Waals surface area (Å²) in [5.74, 6) is 0.278. The van der Waals surface area contributed by atoms with Crippen LogP contribution in [0.3, 0.4) is 0 Å². The number of alkyl halides is 3. The molecule has 0 aliphatic carbocycles. The van der Waals surface area contributed by atoms with Gasteiger partial charge in [-0.05, 0) is 25.1 Å². The molecule has 0 fully saturated rings. The number of rotatable bonds is 2. The predicted molar refractivity (Wildman–Crippen MR) is 47.0 cm³/mol. The highest BCUT2D eigenvalue weighted by Gasteiger charge is 2.30. The molecule has 0 saturated carbocycles. The average molecular weight is 205 g/mol. The second kappa shape index (κ2) is 3.77. The SMILES string of the molecule is CCOc1ccc(C(F)(F)F)cc1N. The van der Waals surface area contributed by atoms with Gasteiger partial charge < -0.3 is 10.5 Å². The first-order chi connectivity index (χ1) is 6.45. The Morgan fingerprint density at radius 2 is 2.00 bits per heavy atom. The van der Waals surface area contributed by atoms with E-state index in [0.29, 0.717) is 6.61 Å². The van der Waals surface area contributed by atoms with Crippen LogP contribution in [0.5, 0.6) is 5.75 Å². The third-order valence-corrected chi connectivity index (χ3v) is 1.64. The van der Waals surface area contributed by atoms with Crippen molar-refractivity contribution < 1.29 is 17.9 Å². The maximum absolute atomic E-state index is 12.2. The van der Waals surface area contributed by atoms with Gasteiger partial charge in [-0.1, -0.05) is 0 Å². The maximum Gasteiger partial charge on any atom is 0.416 e. The molecule has 0 heterocycles. The summed E-state index contributed by atoms with van der Waals surface area (Å²) in [6, 6.07) is 3.04. The lowest BCUT2D eigenvalue weighted by Crippen LogP contribution is -2.06. The first-order valence-corrected chi connectivity index (χ1v) is 4.04. The van der Waals surface area contributed by atoms with Crippen LogP contribution in [0.2, 0.25) is 0 Å². The molecule has 0 spiro atoms. The van der Waals surface area contributed by atoms with E-state index in [4.69, 9.17) is 10.5 Å². The molecule has 1 aromatic carbocycles. The van der Waals surface area contributed by atoms with Crippen molar-refractivity contribution in [2.24, 2.45) is 0 Å². The standard InChI is InChI=1S/C9H10F3NO/c1-2-14-8-4-3-6(5-7(8)13)9(10,11)12/h3-5H,2,13H2,1H3. The van der Waals surface area contributed by atoms with Gasteiger partial charge >= 0.3 is 6.18 Å². The second-order valence-electron chi connectivity index (χ2n) is 2.68. The monoisotopic (exact) mass is 205 g/mol. The molecule has 0 aliphatic rings. The Morgan fingerprint density at radius 3 is 2.43 bits per heavy atom. The Bertz CT molecular complexity index is 322. The summed E-state index contributed by atoms with van der Waals surface area (Å²) in [4.78, 5) is 0. The van der Waals surface area contributed by atoms with E-state index in [9.17, 15) is 13.2 Å². The largest absolute Gasteiger partial charge is 0.492 e. The minimum absolute atomic E-state index is 0.00155. The average Bonchev–Trinajstić information content (AvgIpc) is 2.07. The summed E-state index contributed by atoms with van der Waals surface area (Å²) in [5.41, 5.74) is 4.62. The lowest BCUT2D eigenvalue weighted by Gasteiger charge is -2.10. The van der Waals surface area contributed by atoms with Gasteiger partial charge in [0, 0.05) is 0 Å². The Labute approximate surface area is 79.5 Å². The van der Waals surface area contributed by atoms with Crippen molar-refractivity contribution in [3.05, 3.63) is 23.8 Å². The third kappa shape index (κ3) is 2.31. The highest BCUT2D eigenvalue weighted by Crippen LogP contribution is 2.33. The van der Waals surface area contributed by atoms with Crippen molar-refractivity contribution in [3.8, 4) is 5.75 Å². The zero-order valence-electron chi connectivity index (χ0n) is 7.56. The normalized spacial score (nSPS) is 11.4. The van der Waals surface area contributed by atoms with E-state index in [0.717, 1.165) is 12.1 Å². The molecule has 78 valence electrons. The molecular formula is C9H10F3NO. The first-order valence-electron chi connectivity index (χ1n) is 4.04. The molecule has 1 aromatic rings. The Balaban J connectivity index is 3.01. The number of halogens is 3. The molecule has 0 saturated heterocycles. The molecule has 5 heteroatoms. The molecule has 0 amide bonds. The van der Waals surface area contributed by atoms with Crippen molar-refractivity contribution >= 4 is 5.69 Å². The third-order valence-electron chi connectivity index (χ3n) is 1.64. The Hall–Kier alpha value is -1.39. The fraction of sp³-hybridized carbons (Fsp3) is 0.333. The van der Waals surface area contributed by atoms with Gasteiger partial charge in [-0.25, -0.2) is 0 Å². The van der Waals surface area contributed by atoms with Crippen molar-refractivity contribution in [3.63, 3.8) is 0 Å². The van der Waals surface area contributed by atoms with Crippen LogP contribution < -0.4 is 10.5 Å². The molecule has 0 bridgehead atoms. The van der Waals surface area contributed by atoms with Gasteiger partial charge in [0.25, 0.3) is 0 Å². The van der Waals surface area contributed by atoms with Gasteiger partial charge in [0.05, 0.1) is 17.9 Å². The summed E-state index contributed by atoms with van der Waals surface area (Å²) in [7, 11) is 0. The summed E-state index contributed by atoms with van der Waals surface area (Å²) in [5, 5.41) is 0. The number of nitrogen functional groups attached to an aromatic ring is 1. The van der Waals surface area contributed by atoms with Crippen LogP contribution in [0.15, 0.2) is 18.2 Å². The number of benzene rings is 1. The van der Waals surface area contributed by atoms with E-state index in [-0.39, 0.29) is 11.4 Å². The number of anilines is 1. The maximum atomic E-state index is 12.2. The molecule has 0 radical (unpaired) electrons. The smallest absolute Gasteiger partial charge is 0.416 e.